The van der Waals surface area contributed by atoms with Crippen molar-refractivity contribution in [1.82, 2.24) is 4.90 Å². The van der Waals surface area contributed by atoms with E-state index in [1.165, 1.54) is 0 Å². The van der Waals surface area contributed by atoms with Gasteiger partial charge in [0, 0.05) is 31.5 Å². The van der Waals surface area contributed by atoms with Crippen molar-refractivity contribution in [2.75, 3.05) is 6.54 Å². The van der Waals surface area contributed by atoms with Crippen molar-refractivity contribution < 1.29 is 23.4 Å². The molecule has 0 N–H and O–H groups in total. The number of nitrogens with zero attached hydrogens (tertiary/aromatic N) is 1. The average Bonchev–Trinajstić information content (AvgIpc) is 2.14. The quantitative estimate of drug-likeness (QED) is 0.568. The van der Waals surface area contributed by atoms with Gasteiger partial charge in [-0.25, -0.2) is 0 Å². The molecule has 1 heterocycles. The maximum atomic E-state index is 10.7. The first-order chi connectivity index (χ1) is 3.84. The molecule has 1 aliphatic heterocycles. The minimum absolute atomic E-state index is 0. The normalized spacial score (nSPS) is 15.6. The number of carbonyl (C=O) groups is 1. The number of likely N-dealkylation sites (tertiary alicyclic amines) is 1. The SMILES string of the molecule is C=CN1CCCC1=O.P.[V]. The largest absolute Gasteiger partial charge is 0.320 e. The van der Waals surface area contributed by atoms with E-state index in [1.807, 2.05) is 0 Å². The molecule has 1 atom stereocenters. The smallest absolute Gasteiger partial charge is 0.226 e. The first-order valence-corrected chi connectivity index (χ1v) is 2.76. The summed E-state index contributed by atoms with van der Waals surface area (Å²) in [6.07, 6.45) is 3.28. The number of hydrogen-bond donors (Lipinski definition) is 0. The van der Waals surface area contributed by atoms with E-state index in [-0.39, 0.29) is 34.4 Å². The fraction of sp³-hybridized carbons (Fsp3) is 0.500. The minimum Gasteiger partial charge on any atom is -0.320 e. The summed E-state index contributed by atoms with van der Waals surface area (Å²) in [5, 5.41) is 0. The number of hydrogen-bond acceptors (Lipinski definition) is 1. The standard InChI is InChI=1S/C6H9NO.H3P.V/c1-2-7-5-3-4-6(7)8;;/h2H,1,3-5H2;1H3;. The topological polar surface area (TPSA) is 20.3 Å². The summed E-state index contributed by atoms with van der Waals surface area (Å²) in [6.45, 7) is 4.36. The van der Waals surface area contributed by atoms with Gasteiger partial charge in [-0.05, 0) is 12.6 Å². The molecule has 0 aromatic heterocycles. The van der Waals surface area contributed by atoms with Gasteiger partial charge in [0.25, 0.3) is 0 Å². The second-order valence-electron chi connectivity index (χ2n) is 1.87. The summed E-state index contributed by atoms with van der Waals surface area (Å²) in [5.74, 6) is 0.208. The van der Waals surface area contributed by atoms with Crippen molar-refractivity contribution in [2.24, 2.45) is 0 Å². The van der Waals surface area contributed by atoms with E-state index in [4.69, 9.17) is 0 Å². The number of amides is 1. The van der Waals surface area contributed by atoms with Crippen LogP contribution in [0, 0.1) is 0 Å². The average molecular weight is 196 g/mol. The first-order valence-electron chi connectivity index (χ1n) is 2.76. The van der Waals surface area contributed by atoms with Gasteiger partial charge in [0.15, 0.2) is 0 Å². The van der Waals surface area contributed by atoms with Crippen LogP contribution >= 0.6 is 9.90 Å². The molecule has 0 saturated carbocycles. The van der Waals surface area contributed by atoms with Crippen LogP contribution in [0.15, 0.2) is 12.8 Å². The Morgan fingerprint density at radius 3 is 2.40 bits per heavy atom. The molecular formula is C6H12NOPV. The first kappa shape index (κ1) is 12.9. The summed E-state index contributed by atoms with van der Waals surface area (Å²) in [7, 11) is 0. The Balaban J connectivity index is 0. The molecule has 1 amide bonds. The maximum Gasteiger partial charge on any atom is 0.226 e. The number of rotatable bonds is 1. The molecule has 1 radical (unpaired) electrons. The van der Waals surface area contributed by atoms with Crippen LogP contribution in [0.5, 0.6) is 0 Å². The Morgan fingerprint density at radius 1 is 1.60 bits per heavy atom. The zero-order valence-electron chi connectivity index (χ0n) is 5.92. The summed E-state index contributed by atoms with van der Waals surface area (Å²) in [6, 6.07) is 0. The Bertz CT molecular complexity index is 129. The van der Waals surface area contributed by atoms with Crippen molar-refractivity contribution in [2.45, 2.75) is 12.8 Å². The van der Waals surface area contributed by atoms with Crippen molar-refractivity contribution in [3.8, 4) is 0 Å². The minimum atomic E-state index is 0. The monoisotopic (exact) mass is 196 g/mol. The van der Waals surface area contributed by atoms with E-state index in [0.717, 1.165) is 13.0 Å². The van der Waals surface area contributed by atoms with E-state index in [9.17, 15) is 4.79 Å². The van der Waals surface area contributed by atoms with Crippen LogP contribution in [-0.4, -0.2) is 17.4 Å². The predicted octanol–water partition coefficient (Wildman–Crippen LogP) is 0.808. The molecule has 0 bridgehead atoms. The zero-order valence-corrected chi connectivity index (χ0v) is 8.73. The molecule has 0 spiro atoms. The van der Waals surface area contributed by atoms with Gasteiger partial charge in [-0.2, -0.15) is 9.90 Å². The van der Waals surface area contributed by atoms with Crippen molar-refractivity contribution in [1.29, 1.82) is 0 Å². The van der Waals surface area contributed by atoms with Crippen LogP contribution in [0.4, 0.5) is 0 Å². The fourth-order valence-corrected chi connectivity index (χ4v) is 0.862. The molecule has 1 saturated heterocycles. The number of carbonyl (C=O) groups excluding carboxylic acids is 1. The van der Waals surface area contributed by atoms with Gasteiger partial charge in [0.2, 0.25) is 5.91 Å². The molecule has 1 fully saturated rings. The van der Waals surface area contributed by atoms with E-state index >= 15 is 0 Å². The second kappa shape index (κ2) is 5.97. The molecule has 0 aliphatic carbocycles. The molecule has 2 nitrogen and oxygen atoms in total. The van der Waals surface area contributed by atoms with Crippen LogP contribution in [0.2, 0.25) is 0 Å². The van der Waals surface area contributed by atoms with Gasteiger partial charge in [-0.3, -0.25) is 4.79 Å². The van der Waals surface area contributed by atoms with Crippen molar-refractivity contribution in [3.05, 3.63) is 12.8 Å². The third-order valence-electron chi connectivity index (χ3n) is 1.33. The molecule has 57 valence electrons. The molecule has 4 heteroatoms. The second-order valence-corrected chi connectivity index (χ2v) is 1.87. The van der Waals surface area contributed by atoms with Crippen molar-refractivity contribution in [3.63, 3.8) is 0 Å². The Hall–Kier alpha value is 0.224. The Kier molecular flexibility index (Phi) is 7.68. The zero-order chi connectivity index (χ0) is 5.98. The van der Waals surface area contributed by atoms with Crippen LogP contribution < -0.4 is 0 Å². The third kappa shape index (κ3) is 2.87. The van der Waals surface area contributed by atoms with Crippen LogP contribution in [0.25, 0.3) is 0 Å². The summed E-state index contributed by atoms with van der Waals surface area (Å²) in [4.78, 5) is 12.3. The van der Waals surface area contributed by atoms with Crippen molar-refractivity contribution >= 4 is 15.8 Å². The van der Waals surface area contributed by atoms with E-state index in [2.05, 4.69) is 6.58 Å². The molecular weight excluding hydrogens is 184 g/mol. The molecule has 1 rings (SSSR count). The van der Waals surface area contributed by atoms with Crippen LogP contribution in [-0.2, 0) is 23.4 Å². The Labute approximate surface area is 76.5 Å². The maximum absolute atomic E-state index is 10.7. The third-order valence-corrected chi connectivity index (χ3v) is 1.33. The van der Waals surface area contributed by atoms with E-state index in [0.29, 0.717) is 6.42 Å². The molecule has 1 aliphatic rings. The van der Waals surface area contributed by atoms with Gasteiger partial charge in [-0.1, -0.05) is 6.58 Å². The van der Waals surface area contributed by atoms with Crippen LogP contribution in [0.3, 0.4) is 0 Å². The molecule has 0 aromatic carbocycles. The Morgan fingerprint density at radius 2 is 2.20 bits per heavy atom. The van der Waals surface area contributed by atoms with Gasteiger partial charge in [0.1, 0.15) is 0 Å². The van der Waals surface area contributed by atoms with Crippen LogP contribution in [0.1, 0.15) is 12.8 Å². The summed E-state index contributed by atoms with van der Waals surface area (Å²) < 4.78 is 0. The van der Waals surface area contributed by atoms with E-state index < -0.39 is 0 Å². The fourth-order valence-electron chi connectivity index (χ4n) is 0.862. The van der Waals surface area contributed by atoms with Gasteiger partial charge < -0.3 is 4.90 Å². The summed E-state index contributed by atoms with van der Waals surface area (Å²) in [5.41, 5.74) is 0. The predicted molar refractivity (Wildman–Crippen MR) is 42.2 cm³/mol. The van der Waals surface area contributed by atoms with E-state index in [1.54, 1.807) is 11.1 Å². The van der Waals surface area contributed by atoms with Gasteiger partial charge >= 0.3 is 0 Å². The van der Waals surface area contributed by atoms with Gasteiger partial charge in [0.05, 0.1) is 0 Å². The molecule has 1 unspecified atom stereocenters. The van der Waals surface area contributed by atoms with Gasteiger partial charge in [-0.15, -0.1) is 0 Å². The molecule has 10 heavy (non-hydrogen) atoms. The summed E-state index contributed by atoms with van der Waals surface area (Å²) >= 11 is 0. The molecule has 0 aromatic rings.